The third kappa shape index (κ3) is 2.96. The van der Waals surface area contributed by atoms with Gasteiger partial charge in [0.2, 0.25) is 0 Å². The third-order valence-corrected chi connectivity index (χ3v) is 5.18. The van der Waals surface area contributed by atoms with E-state index >= 15 is 0 Å². The van der Waals surface area contributed by atoms with Crippen molar-refractivity contribution in [2.75, 3.05) is 6.61 Å². The molecule has 1 unspecified atom stereocenters. The largest absolute Gasteiger partial charge is 0.493 e. The van der Waals surface area contributed by atoms with Crippen LogP contribution in [-0.2, 0) is 0 Å². The maximum absolute atomic E-state index is 12.7. The van der Waals surface area contributed by atoms with E-state index in [4.69, 9.17) is 16.3 Å². The molecule has 0 fully saturated rings. The summed E-state index contributed by atoms with van der Waals surface area (Å²) < 4.78 is 6.41. The molecule has 0 spiro atoms. The highest BCUT2D eigenvalue weighted by atomic mass is 79.9. The van der Waals surface area contributed by atoms with Crippen LogP contribution in [0, 0.1) is 0 Å². The first-order valence-corrected chi connectivity index (χ1v) is 8.95. The molecule has 5 nitrogen and oxygen atoms in total. The Balaban J connectivity index is 1.67. The van der Waals surface area contributed by atoms with Crippen LogP contribution in [0.25, 0.3) is 10.9 Å². The average molecular weight is 419 g/mol. The Morgan fingerprint density at radius 3 is 2.92 bits per heavy atom. The van der Waals surface area contributed by atoms with E-state index in [1.165, 1.54) is 0 Å². The quantitative estimate of drug-likeness (QED) is 0.674. The lowest BCUT2D eigenvalue weighted by Gasteiger charge is -2.26. The second-order valence-electron chi connectivity index (χ2n) is 5.70. The molecule has 0 saturated heterocycles. The van der Waals surface area contributed by atoms with Gasteiger partial charge in [0, 0.05) is 21.8 Å². The number of fused-ring (bicyclic) bond motifs is 2. The molecule has 2 aromatic carbocycles. The number of para-hydroxylation sites is 1. The fourth-order valence-electron chi connectivity index (χ4n) is 2.93. The van der Waals surface area contributed by atoms with Crippen LogP contribution in [0.4, 0.5) is 0 Å². The first-order valence-electron chi connectivity index (χ1n) is 7.78. The second-order valence-corrected chi connectivity index (χ2v) is 6.93. The first-order chi connectivity index (χ1) is 12.1. The Labute approximate surface area is 157 Å². The Morgan fingerprint density at radius 2 is 2.04 bits per heavy atom. The molecule has 126 valence electrons. The van der Waals surface area contributed by atoms with Gasteiger partial charge in [-0.25, -0.2) is 0 Å². The normalized spacial score (nSPS) is 16.2. The summed E-state index contributed by atoms with van der Waals surface area (Å²) in [6, 6.07) is 13.0. The fraction of sp³-hybridized carbons (Fsp3) is 0.167. The van der Waals surface area contributed by atoms with Gasteiger partial charge >= 0.3 is 0 Å². The number of carbonyl (C=O) groups is 1. The zero-order valence-electron chi connectivity index (χ0n) is 13.0. The minimum absolute atomic E-state index is 0.122. The van der Waals surface area contributed by atoms with Crippen molar-refractivity contribution in [1.82, 2.24) is 15.5 Å². The molecule has 0 bridgehead atoms. The highest BCUT2D eigenvalue weighted by molar-refractivity contribution is 9.10. The van der Waals surface area contributed by atoms with E-state index in [0.29, 0.717) is 29.0 Å². The van der Waals surface area contributed by atoms with Crippen LogP contribution in [0.5, 0.6) is 5.75 Å². The van der Waals surface area contributed by atoms with Gasteiger partial charge < -0.3 is 10.1 Å². The summed E-state index contributed by atoms with van der Waals surface area (Å²) in [5.41, 5.74) is 1.70. The SMILES string of the molecule is O=C(NC1CCOc2ccccc21)c1nnc2c(Br)cccc2c1Cl. The van der Waals surface area contributed by atoms with Gasteiger partial charge in [0.15, 0.2) is 5.69 Å². The van der Waals surface area contributed by atoms with E-state index in [-0.39, 0.29) is 17.6 Å². The van der Waals surface area contributed by atoms with E-state index in [1.54, 1.807) is 0 Å². The topological polar surface area (TPSA) is 64.1 Å². The average Bonchev–Trinajstić information content (AvgIpc) is 2.63. The number of hydrogen-bond acceptors (Lipinski definition) is 4. The van der Waals surface area contributed by atoms with Crippen molar-refractivity contribution in [2.24, 2.45) is 0 Å². The van der Waals surface area contributed by atoms with Gasteiger partial charge in [-0.2, -0.15) is 0 Å². The minimum atomic E-state index is -0.346. The summed E-state index contributed by atoms with van der Waals surface area (Å²) in [5.74, 6) is 0.444. The van der Waals surface area contributed by atoms with Crippen molar-refractivity contribution in [1.29, 1.82) is 0 Å². The van der Waals surface area contributed by atoms with Crippen molar-refractivity contribution in [3.63, 3.8) is 0 Å². The molecule has 1 amide bonds. The van der Waals surface area contributed by atoms with E-state index in [1.807, 2.05) is 42.5 Å². The summed E-state index contributed by atoms with van der Waals surface area (Å²) in [4.78, 5) is 12.7. The monoisotopic (exact) mass is 417 g/mol. The first kappa shape index (κ1) is 16.3. The van der Waals surface area contributed by atoms with Crippen LogP contribution in [0.2, 0.25) is 5.02 Å². The number of rotatable bonds is 2. The molecule has 2 heterocycles. The van der Waals surface area contributed by atoms with Crippen molar-refractivity contribution in [2.45, 2.75) is 12.5 Å². The number of benzene rings is 2. The molecule has 25 heavy (non-hydrogen) atoms. The number of aromatic nitrogens is 2. The van der Waals surface area contributed by atoms with Crippen LogP contribution in [0.15, 0.2) is 46.9 Å². The van der Waals surface area contributed by atoms with Gasteiger partial charge in [-0.05, 0) is 28.1 Å². The van der Waals surface area contributed by atoms with E-state index in [9.17, 15) is 4.79 Å². The highest BCUT2D eigenvalue weighted by Crippen LogP contribution is 2.33. The van der Waals surface area contributed by atoms with Gasteiger partial charge in [0.25, 0.3) is 5.91 Å². The van der Waals surface area contributed by atoms with Crippen LogP contribution in [-0.4, -0.2) is 22.7 Å². The number of amides is 1. The molecular weight excluding hydrogens is 406 g/mol. The van der Waals surface area contributed by atoms with E-state index in [0.717, 1.165) is 15.8 Å². The standard InChI is InChI=1S/C18H13BrClN3O2/c19-12-6-3-5-11-15(20)17(23-22-16(11)12)18(24)21-13-8-9-25-14-7-2-1-4-10(13)14/h1-7,13H,8-9H2,(H,21,24). The molecular formula is C18H13BrClN3O2. The van der Waals surface area contributed by atoms with Gasteiger partial charge in [-0.1, -0.05) is 41.9 Å². The third-order valence-electron chi connectivity index (χ3n) is 4.16. The van der Waals surface area contributed by atoms with Crippen LogP contribution >= 0.6 is 27.5 Å². The van der Waals surface area contributed by atoms with E-state index < -0.39 is 0 Å². The lowest BCUT2D eigenvalue weighted by Crippen LogP contribution is -2.33. The molecule has 1 aromatic heterocycles. The predicted molar refractivity (Wildman–Crippen MR) is 99.0 cm³/mol. The molecule has 4 rings (SSSR count). The van der Waals surface area contributed by atoms with Gasteiger partial charge in [-0.15, -0.1) is 10.2 Å². The molecule has 3 aromatic rings. The zero-order chi connectivity index (χ0) is 17.4. The molecule has 0 radical (unpaired) electrons. The molecule has 0 aliphatic carbocycles. The van der Waals surface area contributed by atoms with Crippen LogP contribution < -0.4 is 10.1 Å². The number of nitrogens with zero attached hydrogens (tertiary/aromatic N) is 2. The summed E-state index contributed by atoms with van der Waals surface area (Å²) in [5, 5.41) is 12.1. The number of carbonyl (C=O) groups excluding carboxylic acids is 1. The smallest absolute Gasteiger partial charge is 0.273 e. The Morgan fingerprint density at radius 1 is 1.20 bits per heavy atom. The lowest BCUT2D eigenvalue weighted by atomic mass is 10.0. The highest BCUT2D eigenvalue weighted by Gasteiger charge is 2.25. The van der Waals surface area contributed by atoms with Gasteiger partial charge in [-0.3, -0.25) is 4.79 Å². The van der Waals surface area contributed by atoms with Crippen molar-refractivity contribution < 1.29 is 9.53 Å². The minimum Gasteiger partial charge on any atom is -0.493 e. The molecule has 0 saturated carbocycles. The second kappa shape index (κ2) is 6.61. The maximum Gasteiger partial charge on any atom is 0.273 e. The predicted octanol–water partition coefficient (Wildman–Crippen LogP) is 4.30. The van der Waals surface area contributed by atoms with Crippen LogP contribution in [0.1, 0.15) is 28.5 Å². The summed E-state index contributed by atoms with van der Waals surface area (Å²) >= 11 is 9.83. The lowest BCUT2D eigenvalue weighted by molar-refractivity contribution is 0.0919. The number of hydrogen-bond donors (Lipinski definition) is 1. The molecule has 1 atom stereocenters. The maximum atomic E-state index is 12.7. The molecule has 1 aliphatic rings. The Hall–Kier alpha value is -2.18. The van der Waals surface area contributed by atoms with Crippen molar-refractivity contribution in [3.8, 4) is 5.75 Å². The number of halogens is 2. The van der Waals surface area contributed by atoms with Crippen molar-refractivity contribution >= 4 is 44.3 Å². The summed E-state index contributed by atoms with van der Waals surface area (Å²) in [7, 11) is 0. The number of ether oxygens (including phenoxy) is 1. The van der Waals surface area contributed by atoms with Crippen molar-refractivity contribution in [3.05, 3.63) is 63.2 Å². The molecule has 1 aliphatic heterocycles. The molecule has 1 N–H and O–H groups in total. The fourth-order valence-corrected chi connectivity index (χ4v) is 3.65. The van der Waals surface area contributed by atoms with Gasteiger partial charge in [0.05, 0.1) is 17.7 Å². The zero-order valence-corrected chi connectivity index (χ0v) is 15.3. The Kier molecular flexibility index (Phi) is 4.31. The van der Waals surface area contributed by atoms with Crippen LogP contribution in [0.3, 0.4) is 0 Å². The summed E-state index contributed by atoms with van der Waals surface area (Å²) in [6.45, 7) is 0.548. The Bertz CT molecular complexity index is 980. The molecule has 7 heteroatoms. The van der Waals surface area contributed by atoms with E-state index in [2.05, 4.69) is 31.4 Å². The van der Waals surface area contributed by atoms with Gasteiger partial charge in [0.1, 0.15) is 11.3 Å². The number of nitrogens with one attached hydrogen (secondary N) is 1. The summed E-state index contributed by atoms with van der Waals surface area (Å²) in [6.07, 6.45) is 0.687.